The topological polar surface area (TPSA) is 108 Å². The summed E-state index contributed by atoms with van der Waals surface area (Å²) in [5.41, 5.74) is 4.16. The van der Waals surface area contributed by atoms with Gasteiger partial charge in [0.1, 0.15) is 59.1 Å². The van der Waals surface area contributed by atoms with Crippen LogP contribution in [0.2, 0.25) is 5.02 Å². The Morgan fingerprint density at radius 3 is 1.93 bits per heavy atom. The highest BCUT2D eigenvalue weighted by molar-refractivity contribution is 6.31. The van der Waals surface area contributed by atoms with Gasteiger partial charge in [0, 0.05) is 25.8 Å². The molecule has 0 fully saturated rings. The largest absolute Gasteiger partial charge is 0.487 e. The van der Waals surface area contributed by atoms with Gasteiger partial charge in [-0.05, 0) is 85.3 Å². The second-order valence-corrected chi connectivity index (χ2v) is 13.3. The van der Waals surface area contributed by atoms with Crippen molar-refractivity contribution >= 4 is 23.4 Å². The third-order valence-corrected chi connectivity index (χ3v) is 9.25. The van der Waals surface area contributed by atoms with E-state index in [9.17, 15) is 18.4 Å². The minimum atomic E-state index is -0.321. The van der Waals surface area contributed by atoms with E-state index in [1.165, 1.54) is 24.3 Å². The predicted octanol–water partition coefficient (Wildman–Crippen LogP) is 8.15. The van der Waals surface area contributed by atoms with Crippen molar-refractivity contribution in [1.29, 1.82) is 0 Å². The first-order chi connectivity index (χ1) is 27.2. The van der Waals surface area contributed by atoms with Gasteiger partial charge in [-0.3, -0.25) is 23.9 Å². The van der Waals surface area contributed by atoms with Gasteiger partial charge in [0.2, 0.25) is 0 Å². The summed E-state index contributed by atoms with van der Waals surface area (Å²) in [5.74, 6) is 0.324. The van der Waals surface area contributed by atoms with Crippen LogP contribution in [0.5, 0.6) is 11.5 Å². The molecule has 0 radical (unpaired) electrons. The Bertz CT molecular complexity index is 2230. The fourth-order valence-corrected chi connectivity index (χ4v) is 6.38. The summed E-state index contributed by atoms with van der Waals surface area (Å²) in [6.07, 6.45) is 1.66. The third kappa shape index (κ3) is 9.77. The van der Waals surface area contributed by atoms with E-state index in [0.717, 1.165) is 5.56 Å². The van der Waals surface area contributed by atoms with E-state index in [2.05, 4.69) is 15.2 Å². The number of benzene rings is 3. The Morgan fingerprint density at radius 2 is 1.30 bits per heavy atom. The molecule has 2 aliphatic rings. The zero-order valence-corrected chi connectivity index (χ0v) is 32.1. The molecule has 0 saturated heterocycles. The van der Waals surface area contributed by atoms with E-state index in [4.69, 9.17) is 21.1 Å². The number of fused-ring (bicyclic) bond motifs is 2. The van der Waals surface area contributed by atoms with Crippen molar-refractivity contribution in [2.45, 2.75) is 59.7 Å². The van der Waals surface area contributed by atoms with E-state index in [-0.39, 0.29) is 42.7 Å². The number of aromatic nitrogens is 5. The molecule has 56 heavy (non-hydrogen) atoms. The van der Waals surface area contributed by atoms with Crippen LogP contribution in [0, 0.1) is 11.6 Å². The van der Waals surface area contributed by atoms with Gasteiger partial charge in [-0.2, -0.15) is 10.2 Å². The van der Waals surface area contributed by atoms with Gasteiger partial charge >= 0.3 is 0 Å². The highest BCUT2D eigenvalue weighted by Gasteiger charge is 2.31. The molecule has 5 heterocycles. The van der Waals surface area contributed by atoms with Crippen LogP contribution in [0.4, 0.5) is 8.78 Å². The van der Waals surface area contributed by atoms with Gasteiger partial charge in [0.05, 0.1) is 29.8 Å². The van der Waals surface area contributed by atoms with Crippen LogP contribution in [0.15, 0.2) is 109 Å². The fraction of sp³-hybridized carbons (Fsp3) is 0.262. The van der Waals surface area contributed by atoms with Crippen molar-refractivity contribution < 1.29 is 27.8 Å². The molecule has 1 atom stereocenters. The number of carbonyl (C=O) groups excluding carboxylic acids is 2. The van der Waals surface area contributed by atoms with Gasteiger partial charge in [-0.1, -0.05) is 55.8 Å². The smallest absolute Gasteiger partial charge is 0.272 e. The number of halogens is 3. The van der Waals surface area contributed by atoms with E-state index >= 15 is 0 Å². The molecule has 6 aromatic rings. The minimum Gasteiger partial charge on any atom is -0.487 e. The first-order valence-corrected chi connectivity index (χ1v) is 18.7. The maximum absolute atomic E-state index is 13.0. The van der Waals surface area contributed by atoms with Gasteiger partial charge < -0.3 is 19.3 Å². The van der Waals surface area contributed by atoms with Crippen LogP contribution in [0.3, 0.4) is 0 Å². The molecule has 8 rings (SSSR count). The number of ether oxygens (including phenoxy) is 2. The number of hydrogen-bond donors (Lipinski definition) is 0. The summed E-state index contributed by atoms with van der Waals surface area (Å²) in [7, 11) is 0. The van der Waals surface area contributed by atoms with E-state index in [1.807, 2.05) is 56.0 Å². The number of hydrogen-bond acceptors (Lipinski definition) is 7. The lowest BCUT2D eigenvalue weighted by atomic mass is 10.1. The van der Waals surface area contributed by atoms with Crippen molar-refractivity contribution in [3.8, 4) is 11.5 Å². The van der Waals surface area contributed by atoms with Crippen LogP contribution in [0.1, 0.15) is 70.4 Å². The molecule has 2 aliphatic heterocycles. The van der Waals surface area contributed by atoms with Crippen LogP contribution in [0.25, 0.3) is 0 Å². The van der Waals surface area contributed by atoms with Gasteiger partial charge in [0.15, 0.2) is 0 Å². The lowest BCUT2D eigenvalue weighted by molar-refractivity contribution is 0.0649. The van der Waals surface area contributed by atoms with Gasteiger partial charge in [-0.15, -0.1) is 0 Å². The van der Waals surface area contributed by atoms with Crippen LogP contribution < -0.4 is 9.47 Å². The first-order valence-electron chi connectivity index (χ1n) is 18.3. The molecule has 3 aromatic carbocycles. The maximum Gasteiger partial charge on any atom is 0.272 e. The number of nitrogens with zero attached hydrogens (tertiary/aromatic N) is 7. The lowest BCUT2D eigenvalue weighted by Crippen LogP contribution is -2.41. The highest BCUT2D eigenvalue weighted by atomic mass is 35.5. The lowest BCUT2D eigenvalue weighted by Gasteiger charge is -2.31. The molecule has 290 valence electrons. The normalized spacial score (nSPS) is 14.5. The maximum atomic E-state index is 13.0. The molecule has 0 aliphatic carbocycles. The predicted molar refractivity (Wildman–Crippen MR) is 207 cm³/mol. The summed E-state index contributed by atoms with van der Waals surface area (Å²) in [4.78, 5) is 33.4. The number of rotatable bonds is 10. The van der Waals surface area contributed by atoms with Crippen LogP contribution >= 0.6 is 11.6 Å². The molecular formula is C42H42ClF2N7O4. The average Bonchev–Trinajstić information content (AvgIpc) is 3.86. The van der Waals surface area contributed by atoms with Crippen molar-refractivity contribution in [3.05, 3.63) is 160 Å². The summed E-state index contributed by atoms with van der Waals surface area (Å²) < 4.78 is 40.6. The van der Waals surface area contributed by atoms with Gasteiger partial charge in [0.25, 0.3) is 11.8 Å². The summed E-state index contributed by atoms with van der Waals surface area (Å²) in [6, 6.07) is 28.6. The van der Waals surface area contributed by atoms with Crippen LogP contribution in [-0.2, 0) is 32.8 Å². The molecule has 2 amide bonds. The average molecular weight is 782 g/mol. The fourth-order valence-electron chi connectivity index (χ4n) is 6.20. The van der Waals surface area contributed by atoms with E-state index in [0.29, 0.717) is 77.7 Å². The van der Waals surface area contributed by atoms with Crippen LogP contribution in [-0.4, -0.2) is 59.2 Å². The first kappa shape index (κ1) is 39.6. The Kier molecular flexibility index (Phi) is 13.1. The molecule has 0 N–H and O–H groups in total. The molecule has 0 bridgehead atoms. The van der Waals surface area contributed by atoms with Crippen molar-refractivity contribution in [2.24, 2.45) is 0 Å². The van der Waals surface area contributed by atoms with E-state index < -0.39 is 0 Å². The molecular weight excluding hydrogens is 740 g/mol. The molecule has 11 nitrogen and oxygen atoms in total. The molecule has 14 heteroatoms. The zero-order chi connectivity index (χ0) is 39.6. The Morgan fingerprint density at radius 1 is 0.714 bits per heavy atom. The standard InChI is InChI=1S/C21H20FN3O2.C19H16ClFN4O2.C2H6/c1-15-12-24(13-16-5-3-2-4-6-16)21(26)20-11-18(23-25(15)20)14-27-19-9-7-17(22)8-10-19;20-16-2-1-7-22-17(16)11-24-8-9-25-18(19(24)26)10-14(23-25)12-27-15-5-3-13(21)4-6-15;1-2/h2-11,15H,12-14H2,1H3;1-7,10H,8-9,11-12H2;1-2H3. The van der Waals surface area contributed by atoms with Crippen molar-refractivity contribution in [2.75, 3.05) is 13.1 Å². The molecule has 0 spiro atoms. The highest BCUT2D eigenvalue weighted by Crippen LogP contribution is 2.25. The quantitative estimate of drug-likeness (QED) is 0.138. The van der Waals surface area contributed by atoms with Crippen molar-refractivity contribution in [1.82, 2.24) is 34.3 Å². The monoisotopic (exact) mass is 781 g/mol. The van der Waals surface area contributed by atoms with Gasteiger partial charge in [-0.25, -0.2) is 8.78 Å². The zero-order valence-electron chi connectivity index (χ0n) is 31.3. The summed E-state index contributed by atoms with van der Waals surface area (Å²) in [6.45, 7) is 9.13. The van der Waals surface area contributed by atoms with Crippen molar-refractivity contribution in [3.63, 3.8) is 0 Å². The summed E-state index contributed by atoms with van der Waals surface area (Å²) in [5, 5.41) is 9.49. The molecule has 3 aromatic heterocycles. The number of carbonyl (C=O) groups is 2. The minimum absolute atomic E-state index is 0.0301. The Labute approximate surface area is 329 Å². The third-order valence-electron chi connectivity index (χ3n) is 8.91. The second-order valence-electron chi connectivity index (χ2n) is 12.9. The Hall–Kier alpha value is -6.08. The molecule has 1 unspecified atom stereocenters. The van der Waals surface area contributed by atoms with E-state index in [1.54, 1.807) is 69.0 Å². The Balaban J connectivity index is 0.000000182. The summed E-state index contributed by atoms with van der Waals surface area (Å²) >= 11 is 6.15. The number of amides is 2. The SMILES string of the molecule is CC.CC1CN(Cc2ccccc2)C(=O)c2cc(COc3ccc(F)cc3)nn21.O=C1c2cc(COc3ccc(F)cc3)nn2CCN1Cc1ncccc1Cl. The number of pyridine rings is 1. The molecule has 0 saturated carbocycles. The second kappa shape index (κ2) is 18.5.